The second-order valence-electron chi connectivity index (χ2n) is 4.23. The summed E-state index contributed by atoms with van der Waals surface area (Å²) in [6.45, 7) is 3.49. The van der Waals surface area contributed by atoms with E-state index in [1.54, 1.807) is 6.20 Å². The van der Waals surface area contributed by atoms with Crippen molar-refractivity contribution in [3.05, 3.63) is 46.3 Å². The molecule has 0 unspecified atom stereocenters. The third-order valence-corrected chi connectivity index (χ3v) is 3.47. The van der Waals surface area contributed by atoms with Gasteiger partial charge in [0.2, 0.25) is 0 Å². The molecular formula is C14H17N3OS. The van der Waals surface area contributed by atoms with Gasteiger partial charge in [0.15, 0.2) is 0 Å². The van der Waals surface area contributed by atoms with Gasteiger partial charge < -0.3 is 10.6 Å². The van der Waals surface area contributed by atoms with E-state index in [4.69, 9.17) is 0 Å². The maximum atomic E-state index is 11.7. The molecule has 0 aromatic carbocycles. The van der Waals surface area contributed by atoms with Gasteiger partial charge in [0.1, 0.15) is 5.82 Å². The molecule has 2 N–H and O–H groups in total. The summed E-state index contributed by atoms with van der Waals surface area (Å²) in [5, 5.41) is 8.03. The Hall–Kier alpha value is -1.88. The zero-order chi connectivity index (χ0) is 13.5. The molecule has 0 fully saturated rings. The molecule has 19 heavy (non-hydrogen) atoms. The van der Waals surface area contributed by atoms with E-state index in [2.05, 4.69) is 15.6 Å². The van der Waals surface area contributed by atoms with Crippen LogP contribution < -0.4 is 10.6 Å². The number of rotatable bonds is 6. The normalized spacial score (nSPS) is 10.2. The van der Waals surface area contributed by atoms with Crippen LogP contribution in [0.2, 0.25) is 0 Å². The van der Waals surface area contributed by atoms with Crippen molar-refractivity contribution in [3.63, 3.8) is 0 Å². The van der Waals surface area contributed by atoms with Crippen LogP contribution in [0.5, 0.6) is 0 Å². The fraction of sp³-hybridized carbons (Fsp3) is 0.286. The maximum Gasteiger partial charge on any atom is 0.261 e. The minimum absolute atomic E-state index is 0.00341. The van der Waals surface area contributed by atoms with E-state index in [0.29, 0.717) is 6.54 Å². The zero-order valence-corrected chi connectivity index (χ0v) is 11.7. The van der Waals surface area contributed by atoms with E-state index in [0.717, 1.165) is 23.7 Å². The molecule has 0 atom stereocenters. The molecule has 2 aromatic heterocycles. The molecule has 4 nitrogen and oxygen atoms in total. The highest BCUT2D eigenvalue weighted by molar-refractivity contribution is 7.12. The Bertz CT molecular complexity index is 525. The van der Waals surface area contributed by atoms with E-state index in [1.807, 2.05) is 36.6 Å². The van der Waals surface area contributed by atoms with Crippen molar-refractivity contribution in [1.82, 2.24) is 10.3 Å². The second-order valence-corrected chi connectivity index (χ2v) is 5.18. The molecule has 0 aliphatic carbocycles. The van der Waals surface area contributed by atoms with Gasteiger partial charge in [-0.3, -0.25) is 4.79 Å². The van der Waals surface area contributed by atoms with E-state index in [9.17, 15) is 4.79 Å². The van der Waals surface area contributed by atoms with Crippen molar-refractivity contribution in [2.45, 2.75) is 13.3 Å². The molecule has 5 heteroatoms. The Morgan fingerprint density at radius 1 is 1.37 bits per heavy atom. The first-order valence-corrected chi connectivity index (χ1v) is 7.12. The van der Waals surface area contributed by atoms with Gasteiger partial charge in [-0.15, -0.1) is 11.3 Å². The average molecular weight is 275 g/mol. The number of carbonyl (C=O) groups excluding carboxylic acids is 1. The highest BCUT2D eigenvalue weighted by Crippen LogP contribution is 2.07. The number of aryl methyl sites for hydroxylation is 1. The van der Waals surface area contributed by atoms with Crippen LogP contribution in [0.3, 0.4) is 0 Å². The second kappa shape index (κ2) is 6.89. The lowest BCUT2D eigenvalue weighted by atomic mass is 10.3. The number of anilines is 1. The van der Waals surface area contributed by atoms with E-state index >= 15 is 0 Å². The molecular weight excluding hydrogens is 258 g/mol. The van der Waals surface area contributed by atoms with Gasteiger partial charge in [-0.05, 0) is 42.5 Å². The predicted molar refractivity (Wildman–Crippen MR) is 78.7 cm³/mol. The van der Waals surface area contributed by atoms with Crippen LogP contribution in [0, 0.1) is 6.92 Å². The monoisotopic (exact) mass is 275 g/mol. The van der Waals surface area contributed by atoms with Crippen molar-refractivity contribution in [2.24, 2.45) is 0 Å². The Labute approximate surface area is 116 Å². The summed E-state index contributed by atoms with van der Waals surface area (Å²) in [7, 11) is 0. The third-order valence-electron chi connectivity index (χ3n) is 2.61. The molecule has 1 amide bonds. The summed E-state index contributed by atoms with van der Waals surface area (Å²) in [5.41, 5.74) is 1.18. The Morgan fingerprint density at radius 3 is 3.00 bits per heavy atom. The summed E-state index contributed by atoms with van der Waals surface area (Å²) in [4.78, 5) is 16.6. The summed E-state index contributed by atoms with van der Waals surface area (Å²) in [6.07, 6.45) is 2.66. The first-order valence-electron chi connectivity index (χ1n) is 6.24. The van der Waals surface area contributed by atoms with Crippen LogP contribution in [0.4, 0.5) is 5.82 Å². The van der Waals surface area contributed by atoms with E-state index in [-0.39, 0.29) is 5.91 Å². The Morgan fingerprint density at radius 2 is 2.26 bits per heavy atom. The molecule has 0 radical (unpaired) electrons. The van der Waals surface area contributed by atoms with Gasteiger partial charge >= 0.3 is 0 Å². The van der Waals surface area contributed by atoms with Crippen LogP contribution >= 0.6 is 11.3 Å². The van der Waals surface area contributed by atoms with Crippen LogP contribution in [0.1, 0.15) is 21.7 Å². The van der Waals surface area contributed by atoms with Crippen LogP contribution in [0.15, 0.2) is 35.8 Å². The molecule has 0 saturated carbocycles. The van der Waals surface area contributed by atoms with Crippen molar-refractivity contribution in [2.75, 3.05) is 18.4 Å². The quantitative estimate of drug-likeness (QED) is 0.797. The first kappa shape index (κ1) is 13.5. The van der Waals surface area contributed by atoms with Gasteiger partial charge in [0.05, 0.1) is 4.88 Å². The fourth-order valence-corrected chi connectivity index (χ4v) is 2.27. The molecule has 2 heterocycles. The summed E-state index contributed by atoms with van der Waals surface area (Å²) in [6, 6.07) is 7.68. The van der Waals surface area contributed by atoms with Gasteiger partial charge in [-0.2, -0.15) is 0 Å². The Balaban J connectivity index is 1.64. The highest BCUT2D eigenvalue weighted by atomic mass is 32.1. The number of thiophene rings is 1. The molecule has 0 saturated heterocycles. The fourth-order valence-electron chi connectivity index (χ4n) is 1.63. The lowest BCUT2D eigenvalue weighted by Gasteiger charge is -2.06. The standard InChI is InChI=1S/C14H17N3OS/c1-11-5-8-16-13(10-11)15-6-3-7-17-14(18)12-4-2-9-19-12/h2,4-5,8-10H,3,6-7H2,1H3,(H,15,16)(H,17,18). The zero-order valence-electron chi connectivity index (χ0n) is 10.8. The average Bonchev–Trinajstić information content (AvgIpc) is 2.92. The molecule has 100 valence electrons. The van der Waals surface area contributed by atoms with Crippen LogP contribution in [-0.2, 0) is 0 Å². The SMILES string of the molecule is Cc1ccnc(NCCCNC(=O)c2cccs2)c1. The van der Waals surface area contributed by atoms with E-state index in [1.165, 1.54) is 16.9 Å². The lowest BCUT2D eigenvalue weighted by molar-refractivity contribution is 0.0957. The van der Waals surface area contributed by atoms with Gasteiger partial charge in [0.25, 0.3) is 5.91 Å². The lowest BCUT2D eigenvalue weighted by Crippen LogP contribution is -2.25. The number of nitrogens with zero attached hydrogens (tertiary/aromatic N) is 1. The van der Waals surface area contributed by atoms with Crippen LogP contribution in [-0.4, -0.2) is 24.0 Å². The van der Waals surface area contributed by atoms with Crippen LogP contribution in [0.25, 0.3) is 0 Å². The molecule has 0 spiro atoms. The van der Waals surface area contributed by atoms with Crippen molar-refractivity contribution < 1.29 is 4.79 Å². The predicted octanol–water partition coefficient (Wildman–Crippen LogP) is 2.68. The Kier molecular flexibility index (Phi) is 4.92. The number of hydrogen-bond donors (Lipinski definition) is 2. The number of pyridine rings is 1. The molecule has 0 aliphatic rings. The van der Waals surface area contributed by atoms with Gasteiger partial charge in [-0.1, -0.05) is 6.07 Å². The summed E-state index contributed by atoms with van der Waals surface area (Å²) in [5.74, 6) is 0.883. The number of aromatic nitrogens is 1. The van der Waals surface area contributed by atoms with Crippen molar-refractivity contribution in [1.29, 1.82) is 0 Å². The topological polar surface area (TPSA) is 54.0 Å². The molecule has 0 aliphatic heterocycles. The molecule has 2 rings (SSSR count). The maximum absolute atomic E-state index is 11.7. The van der Waals surface area contributed by atoms with Crippen molar-refractivity contribution in [3.8, 4) is 0 Å². The summed E-state index contributed by atoms with van der Waals surface area (Å²) >= 11 is 1.46. The molecule has 0 bridgehead atoms. The smallest absolute Gasteiger partial charge is 0.261 e. The third kappa shape index (κ3) is 4.37. The number of hydrogen-bond acceptors (Lipinski definition) is 4. The number of carbonyl (C=O) groups is 1. The highest BCUT2D eigenvalue weighted by Gasteiger charge is 2.04. The largest absolute Gasteiger partial charge is 0.370 e. The van der Waals surface area contributed by atoms with Gasteiger partial charge in [0, 0.05) is 19.3 Å². The van der Waals surface area contributed by atoms with Crippen molar-refractivity contribution >= 4 is 23.1 Å². The number of amides is 1. The minimum atomic E-state index is 0.00341. The van der Waals surface area contributed by atoms with Gasteiger partial charge in [-0.25, -0.2) is 4.98 Å². The number of nitrogens with one attached hydrogen (secondary N) is 2. The summed E-state index contributed by atoms with van der Waals surface area (Å²) < 4.78 is 0. The van der Waals surface area contributed by atoms with E-state index < -0.39 is 0 Å². The molecule has 2 aromatic rings. The minimum Gasteiger partial charge on any atom is -0.370 e. The first-order chi connectivity index (χ1) is 9.25.